The summed E-state index contributed by atoms with van der Waals surface area (Å²) in [5.41, 5.74) is 4.64. The van der Waals surface area contributed by atoms with E-state index < -0.39 is 12.1 Å². The van der Waals surface area contributed by atoms with E-state index in [-0.39, 0.29) is 56.6 Å². The van der Waals surface area contributed by atoms with Crippen molar-refractivity contribution in [3.05, 3.63) is 59.7 Å². The van der Waals surface area contributed by atoms with Crippen molar-refractivity contribution >= 4 is 18.0 Å². The predicted octanol–water partition coefficient (Wildman–Crippen LogP) is 2.52. The number of nitrogens with one attached hydrogen (secondary N) is 2. The third kappa shape index (κ3) is 4.91. The second-order valence-electron chi connectivity index (χ2n) is 8.03. The molecule has 1 aliphatic carbocycles. The average Bonchev–Trinajstić information content (AvgIpc) is 3.39. The highest BCUT2D eigenvalue weighted by atomic mass is 16.5. The molecule has 0 saturated carbocycles. The SMILES string of the molecule is O=C(O)CCNC(=O)C1COC(CNC(=O)OCC2c3ccccc3-c3ccccc32)C1. The Bertz CT molecular complexity index is 962. The van der Waals surface area contributed by atoms with Crippen molar-refractivity contribution in [3.8, 4) is 11.1 Å². The summed E-state index contributed by atoms with van der Waals surface area (Å²) in [4.78, 5) is 34.9. The number of benzene rings is 2. The van der Waals surface area contributed by atoms with Crippen LogP contribution in [0.5, 0.6) is 0 Å². The number of carboxylic acids is 1. The molecule has 2 amide bonds. The van der Waals surface area contributed by atoms with Crippen LogP contribution in [0.25, 0.3) is 11.1 Å². The van der Waals surface area contributed by atoms with Crippen molar-refractivity contribution < 1.29 is 29.0 Å². The van der Waals surface area contributed by atoms with Gasteiger partial charge in [0.05, 0.1) is 25.0 Å². The predicted molar refractivity (Wildman–Crippen MR) is 116 cm³/mol. The minimum atomic E-state index is -0.960. The van der Waals surface area contributed by atoms with E-state index in [2.05, 4.69) is 34.9 Å². The van der Waals surface area contributed by atoms with E-state index in [0.717, 1.165) is 11.1 Å². The first-order valence-electron chi connectivity index (χ1n) is 10.7. The Labute approximate surface area is 185 Å². The van der Waals surface area contributed by atoms with E-state index in [1.165, 1.54) is 11.1 Å². The summed E-state index contributed by atoms with van der Waals surface area (Å²) in [6.45, 7) is 0.818. The van der Waals surface area contributed by atoms with Crippen LogP contribution in [0.3, 0.4) is 0 Å². The van der Waals surface area contributed by atoms with Gasteiger partial charge in [-0.15, -0.1) is 0 Å². The summed E-state index contributed by atoms with van der Waals surface area (Å²) >= 11 is 0. The van der Waals surface area contributed by atoms with Crippen LogP contribution in [0.2, 0.25) is 0 Å². The Morgan fingerprint density at radius 2 is 1.66 bits per heavy atom. The van der Waals surface area contributed by atoms with Gasteiger partial charge in [0.25, 0.3) is 0 Å². The van der Waals surface area contributed by atoms with E-state index in [4.69, 9.17) is 14.6 Å². The average molecular weight is 438 g/mol. The molecular formula is C24H26N2O6. The van der Waals surface area contributed by atoms with E-state index in [1.807, 2.05) is 24.3 Å². The first-order valence-corrected chi connectivity index (χ1v) is 10.7. The highest BCUT2D eigenvalue weighted by Crippen LogP contribution is 2.44. The minimum absolute atomic E-state index is 0.00485. The zero-order chi connectivity index (χ0) is 22.5. The summed E-state index contributed by atoms with van der Waals surface area (Å²) in [5.74, 6) is -1.54. The number of fused-ring (bicyclic) bond motifs is 3. The summed E-state index contributed by atoms with van der Waals surface area (Å²) in [6, 6.07) is 16.3. The lowest BCUT2D eigenvalue weighted by atomic mass is 9.98. The van der Waals surface area contributed by atoms with Crippen LogP contribution in [0.1, 0.15) is 29.9 Å². The second-order valence-corrected chi connectivity index (χ2v) is 8.03. The van der Waals surface area contributed by atoms with E-state index >= 15 is 0 Å². The first-order chi connectivity index (χ1) is 15.5. The molecule has 2 atom stereocenters. The lowest BCUT2D eigenvalue weighted by Crippen LogP contribution is -2.34. The number of carboxylic acid groups (broad SMARTS) is 1. The largest absolute Gasteiger partial charge is 0.481 e. The molecule has 0 bridgehead atoms. The zero-order valence-electron chi connectivity index (χ0n) is 17.6. The van der Waals surface area contributed by atoms with Gasteiger partial charge in [-0.25, -0.2) is 4.79 Å². The van der Waals surface area contributed by atoms with Gasteiger partial charge >= 0.3 is 12.1 Å². The molecule has 4 rings (SSSR count). The molecule has 1 saturated heterocycles. The Morgan fingerprint density at radius 3 is 2.31 bits per heavy atom. The number of ether oxygens (including phenoxy) is 2. The Kier molecular flexibility index (Phi) is 6.70. The smallest absolute Gasteiger partial charge is 0.407 e. The highest BCUT2D eigenvalue weighted by molar-refractivity contribution is 5.80. The van der Waals surface area contributed by atoms with Crippen LogP contribution in [-0.4, -0.2) is 55.5 Å². The van der Waals surface area contributed by atoms with Crippen LogP contribution < -0.4 is 10.6 Å². The molecule has 8 heteroatoms. The molecule has 3 N–H and O–H groups in total. The molecule has 2 aliphatic rings. The molecule has 1 heterocycles. The van der Waals surface area contributed by atoms with Gasteiger partial charge in [-0.1, -0.05) is 48.5 Å². The first kappa shape index (κ1) is 21.8. The van der Waals surface area contributed by atoms with Crippen LogP contribution >= 0.6 is 0 Å². The maximum atomic E-state index is 12.3. The molecular weight excluding hydrogens is 412 g/mol. The van der Waals surface area contributed by atoms with Crippen LogP contribution in [0.4, 0.5) is 4.79 Å². The monoisotopic (exact) mass is 438 g/mol. The summed E-state index contributed by atoms with van der Waals surface area (Å²) in [7, 11) is 0. The molecule has 0 aromatic heterocycles. The standard InChI is InChI=1S/C24H26N2O6/c27-22(28)9-10-25-23(29)15-11-16(31-13-15)12-26-24(30)32-14-21-19-7-3-1-5-17(19)18-6-2-4-8-20(18)21/h1-8,15-16,21H,9-14H2,(H,25,29)(H,26,30)(H,27,28). The molecule has 8 nitrogen and oxygen atoms in total. The number of aliphatic carboxylic acids is 1. The van der Waals surface area contributed by atoms with Crippen molar-refractivity contribution in [1.82, 2.24) is 10.6 Å². The number of hydrogen-bond acceptors (Lipinski definition) is 5. The van der Waals surface area contributed by atoms with E-state index in [9.17, 15) is 14.4 Å². The highest BCUT2D eigenvalue weighted by Gasteiger charge is 2.32. The van der Waals surface area contributed by atoms with Crippen LogP contribution in [0.15, 0.2) is 48.5 Å². The van der Waals surface area contributed by atoms with Gasteiger partial charge < -0.3 is 25.2 Å². The summed E-state index contributed by atoms with van der Waals surface area (Å²) in [6.07, 6.45) is -0.468. The molecule has 0 radical (unpaired) electrons. The lowest BCUT2D eigenvalue weighted by molar-refractivity contribution is -0.137. The van der Waals surface area contributed by atoms with Gasteiger partial charge in [0, 0.05) is 19.0 Å². The minimum Gasteiger partial charge on any atom is -0.481 e. The fourth-order valence-electron chi connectivity index (χ4n) is 4.31. The molecule has 1 aliphatic heterocycles. The molecule has 0 spiro atoms. The normalized spacial score (nSPS) is 19.1. The Morgan fingerprint density at radius 1 is 1.00 bits per heavy atom. The topological polar surface area (TPSA) is 114 Å². The summed E-state index contributed by atoms with van der Waals surface area (Å²) < 4.78 is 11.1. The number of carbonyl (C=O) groups is 3. The maximum absolute atomic E-state index is 12.3. The van der Waals surface area contributed by atoms with Crippen molar-refractivity contribution in [2.45, 2.75) is 24.9 Å². The summed E-state index contributed by atoms with van der Waals surface area (Å²) in [5, 5.41) is 14.0. The van der Waals surface area contributed by atoms with Crippen molar-refractivity contribution in [2.75, 3.05) is 26.3 Å². The molecule has 168 valence electrons. The van der Waals surface area contributed by atoms with Gasteiger partial charge in [0.15, 0.2) is 0 Å². The fourth-order valence-corrected chi connectivity index (χ4v) is 4.31. The fraction of sp³-hybridized carbons (Fsp3) is 0.375. The van der Waals surface area contributed by atoms with Gasteiger partial charge in [-0.3, -0.25) is 9.59 Å². The number of amides is 2. The lowest BCUT2D eigenvalue weighted by Gasteiger charge is -2.15. The van der Waals surface area contributed by atoms with Crippen LogP contribution in [-0.2, 0) is 19.1 Å². The van der Waals surface area contributed by atoms with Gasteiger partial charge in [0.1, 0.15) is 6.61 Å². The Balaban J connectivity index is 1.23. The maximum Gasteiger partial charge on any atom is 0.407 e. The quantitative estimate of drug-likeness (QED) is 0.584. The van der Waals surface area contributed by atoms with Gasteiger partial charge in [-0.2, -0.15) is 0 Å². The number of alkyl carbamates (subject to hydrolysis) is 1. The van der Waals surface area contributed by atoms with Crippen molar-refractivity contribution in [2.24, 2.45) is 5.92 Å². The van der Waals surface area contributed by atoms with Crippen molar-refractivity contribution in [3.63, 3.8) is 0 Å². The van der Waals surface area contributed by atoms with Gasteiger partial charge in [-0.05, 0) is 28.7 Å². The van der Waals surface area contributed by atoms with E-state index in [0.29, 0.717) is 6.42 Å². The zero-order valence-corrected chi connectivity index (χ0v) is 17.6. The third-order valence-corrected chi connectivity index (χ3v) is 5.91. The van der Waals surface area contributed by atoms with E-state index in [1.54, 1.807) is 0 Å². The molecule has 2 unspecified atom stereocenters. The van der Waals surface area contributed by atoms with Crippen molar-refractivity contribution in [1.29, 1.82) is 0 Å². The number of hydrogen-bond donors (Lipinski definition) is 3. The second kappa shape index (κ2) is 9.82. The number of carbonyl (C=O) groups excluding carboxylic acids is 2. The van der Waals surface area contributed by atoms with Crippen LogP contribution in [0, 0.1) is 5.92 Å². The third-order valence-electron chi connectivity index (χ3n) is 5.91. The Hall–Kier alpha value is -3.39. The number of rotatable bonds is 8. The molecule has 2 aromatic carbocycles. The molecule has 32 heavy (non-hydrogen) atoms. The molecule has 2 aromatic rings. The molecule has 1 fully saturated rings. The van der Waals surface area contributed by atoms with Gasteiger partial charge in [0.2, 0.25) is 5.91 Å².